The minimum atomic E-state index is -0.538. The Labute approximate surface area is 211 Å². The number of nitrogen functional groups attached to an aromatic ring is 1. The molecule has 5 rings (SSSR count). The molecule has 37 heavy (non-hydrogen) atoms. The van der Waals surface area contributed by atoms with Crippen LogP contribution >= 0.6 is 0 Å². The summed E-state index contributed by atoms with van der Waals surface area (Å²) in [6, 6.07) is -0.105. The molecule has 4 aromatic rings. The number of hydrogen-bond donors (Lipinski definition) is 1. The largest absolute Gasteiger partial charge is 0.396 e. The number of nitrogens with two attached hydrogens (primary N) is 1. The van der Waals surface area contributed by atoms with E-state index in [0.717, 1.165) is 0 Å². The van der Waals surface area contributed by atoms with Gasteiger partial charge in [-0.1, -0.05) is 11.8 Å². The van der Waals surface area contributed by atoms with Gasteiger partial charge in [-0.25, -0.2) is 44.0 Å². The lowest BCUT2D eigenvalue weighted by Crippen LogP contribution is -2.56. The number of hydrogen-bond acceptors (Lipinski definition) is 12. The third-order valence-electron chi connectivity index (χ3n) is 5.47. The molecule has 0 unspecified atom stereocenters. The van der Waals surface area contributed by atoms with Gasteiger partial charge in [0.05, 0.1) is 48.5 Å². The van der Waals surface area contributed by atoms with E-state index in [-0.39, 0.29) is 12.6 Å². The smallest absolute Gasteiger partial charge is 0.250 e. The van der Waals surface area contributed by atoms with Crippen LogP contribution in [-0.2, 0) is 4.74 Å². The highest BCUT2D eigenvalue weighted by molar-refractivity contribution is 5.43. The SMILES string of the molecule is Nc1cnn(-c2ncc(C#Cc3cnc(N4CCN(c5ncncn5)[C@@H](COCCF)C4)nc3)cn2)c1. The average Bonchev–Trinajstić information content (AvgIpc) is 3.39. The molecule has 1 fully saturated rings. The maximum atomic E-state index is 12.6. The number of piperazine rings is 1. The maximum absolute atomic E-state index is 12.6. The van der Waals surface area contributed by atoms with Gasteiger partial charge in [-0.2, -0.15) is 5.10 Å². The summed E-state index contributed by atoms with van der Waals surface area (Å²) in [5, 5.41) is 4.08. The number of ether oxygens (including phenoxy) is 1. The number of aromatic nitrogens is 9. The fourth-order valence-corrected chi connectivity index (χ4v) is 3.74. The maximum Gasteiger partial charge on any atom is 0.250 e. The van der Waals surface area contributed by atoms with Crippen molar-refractivity contribution in [1.29, 1.82) is 0 Å². The van der Waals surface area contributed by atoms with Crippen LogP contribution in [0, 0.1) is 11.8 Å². The van der Waals surface area contributed by atoms with E-state index in [9.17, 15) is 4.39 Å². The van der Waals surface area contributed by atoms with E-state index >= 15 is 0 Å². The molecule has 1 aliphatic heterocycles. The summed E-state index contributed by atoms with van der Waals surface area (Å²) >= 11 is 0. The first-order valence-corrected chi connectivity index (χ1v) is 11.4. The topological polar surface area (TPSA) is 150 Å². The number of rotatable bonds is 7. The van der Waals surface area contributed by atoms with Crippen LogP contribution in [0.3, 0.4) is 0 Å². The van der Waals surface area contributed by atoms with Gasteiger partial charge in [0.1, 0.15) is 19.3 Å². The van der Waals surface area contributed by atoms with Crippen molar-refractivity contribution in [3.05, 3.63) is 61.0 Å². The molecular weight excluding hydrogens is 479 g/mol. The monoisotopic (exact) mass is 502 g/mol. The lowest BCUT2D eigenvalue weighted by Gasteiger charge is -2.41. The lowest BCUT2D eigenvalue weighted by atomic mass is 10.2. The third kappa shape index (κ3) is 5.90. The first kappa shape index (κ1) is 23.9. The average molecular weight is 503 g/mol. The Balaban J connectivity index is 1.24. The summed E-state index contributed by atoms with van der Waals surface area (Å²) in [7, 11) is 0. The Morgan fingerprint density at radius 3 is 2.19 bits per heavy atom. The van der Waals surface area contributed by atoms with E-state index < -0.39 is 6.67 Å². The van der Waals surface area contributed by atoms with Crippen molar-refractivity contribution in [3.63, 3.8) is 0 Å². The highest BCUT2D eigenvalue weighted by Gasteiger charge is 2.30. The van der Waals surface area contributed by atoms with E-state index in [1.54, 1.807) is 31.0 Å². The van der Waals surface area contributed by atoms with Gasteiger partial charge >= 0.3 is 0 Å². The van der Waals surface area contributed by atoms with Crippen LogP contribution in [0.25, 0.3) is 5.95 Å². The summed E-state index contributed by atoms with van der Waals surface area (Å²) in [6.45, 7) is 1.67. The zero-order valence-electron chi connectivity index (χ0n) is 19.7. The Kier molecular flexibility index (Phi) is 7.32. The fraction of sp³-hybridized carbons (Fsp3) is 0.304. The van der Waals surface area contributed by atoms with Gasteiger partial charge in [-0.15, -0.1) is 0 Å². The van der Waals surface area contributed by atoms with Crippen molar-refractivity contribution in [2.75, 3.05) is 55.1 Å². The minimum Gasteiger partial charge on any atom is -0.396 e. The second-order valence-corrected chi connectivity index (χ2v) is 8.01. The van der Waals surface area contributed by atoms with Crippen LogP contribution in [0.15, 0.2) is 49.8 Å². The molecule has 13 nitrogen and oxygen atoms in total. The van der Waals surface area contributed by atoms with Crippen molar-refractivity contribution in [2.45, 2.75) is 6.04 Å². The summed E-state index contributed by atoms with van der Waals surface area (Å²) in [5.74, 6) is 7.56. The fourth-order valence-electron chi connectivity index (χ4n) is 3.74. The highest BCUT2D eigenvalue weighted by atomic mass is 19.1. The van der Waals surface area contributed by atoms with Crippen molar-refractivity contribution >= 4 is 17.6 Å². The van der Waals surface area contributed by atoms with Crippen LogP contribution in [0.4, 0.5) is 22.0 Å². The molecule has 5 heterocycles. The quantitative estimate of drug-likeness (QED) is 0.273. The van der Waals surface area contributed by atoms with E-state index in [2.05, 4.69) is 51.8 Å². The van der Waals surface area contributed by atoms with Crippen LogP contribution < -0.4 is 15.5 Å². The summed E-state index contributed by atoms with van der Waals surface area (Å²) in [6.07, 6.45) is 12.6. The molecule has 1 saturated heterocycles. The minimum absolute atomic E-state index is 0.0387. The van der Waals surface area contributed by atoms with E-state index in [0.29, 0.717) is 60.9 Å². The van der Waals surface area contributed by atoms with Crippen LogP contribution in [-0.4, -0.2) is 90.2 Å². The molecule has 0 aromatic carbocycles. The third-order valence-corrected chi connectivity index (χ3v) is 5.47. The summed E-state index contributed by atoms with van der Waals surface area (Å²) in [5.41, 5.74) is 7.49. The first-order chi connectivity index (χ1) is 18.2. The van der Waals surface area contributed by atoms with Crippen LogP contribution in [0.1, 0.15) is 11.1 Å². The van der Waals surface area contributed by atoms with Gasteiger partial charge in [0.25, 0.3) is 5.95 Å². The second kappa shape index (κ2) is 11.3. The Hall–Kier alpha value is -4.77. The molecule has 0 spiro atoms. The van der Waals surface area contributed by atoms with E-state index in [1.807, 2.05) is 9.80 Å². The number of alkyl halides is 1. The number of nitrogens with zero attached hydrogens (tertiary/aromatic N) is 11. The first-order valence-electron chi connectivity index (χ1n) is 11.4. The summed E-state index contributed by atoms with van der Waals surface area (Å²) in [4.78, 5) is 34.0. The normalized spacial score (nSPS) is 15.3. The Morgan fingerprint density at radius 2 is 1.57 bits per heavy atom. The molecule has 0 aliphatic carbocycles. The molecule has 14 heteroatoms. The van der Waals surface area contributed by atoms with Crippen molar-refractivity contribution in [3.8, 4) is 17.8 Å². The van der Waals surface area contributed by atoms with Gasteiger partial charge < -0.3 is 20.3 Å². The van der Waals surface area contributed by atoms with Crippen LogP contribution in [0.2, 0.25) is 0 Å². The molecule has 0 saturated carbocycles. The van der Waals surface area contributed by atoms with Gasteiger partial charge in [0.2, 0.25) is 11.9 Å². The molecule has 1 atom stereocenters. The molecule has 0 amide bonds. The molecule has 4 aromatic heterocycles. The van der Waals surface area contributed by atoms with Gasteiger partial charge in [-0.3, -0.25) is 0 Å². The highest BCUT2D eigenvalue weighted by Crippen LogP contribution is 2.19. The van der Waals surface area contributed by atoms with Gasteiger partial charge in [-0.05, 0) is 0 Å². The molecular formula is C23H23FN12O. The van der Waals surface area contributed by atoms with E-state index in [4.69, 9.17) is 10.5 Å². The second-order valence-electron chi connectivity index (χ2n) is 8.01. The number of halogens is 1. The molecule has 188 valence electrons. The molecule has 2 N–H and O–H groups in total. The Morgan fingerprint density at radius 1 is 0.892 bits per heavy atom. The lowest BCUT2D eigenvalue weighted by molar-refractivity contribution is 0.104. The standard InChI is InChI=1S/C23H23FN12O/c24-3-6-37-14-20-13-34(4-5-35(20)22-31-15-26-16-32-22)21-27-7-17(8-28-21)1-2-18-9-29-23(30-10-18)36-12-19(25)11-33-36/h7-12,15-16,20H,3-6,13-14,25H2/t20-/m1/s1. The van der Waals surface area contributed by atoms with Crippen molar-refractivity contribution in [1.82, 2.24) is 44.7 Å². The van der Waals surface area contributed by atoms with E-state index in [1.165, 1.54) is 23.5 Å². The molecule has 1 aliphatic rings. The molecule has 0 bridgehead atoms. The van der Waals surface area contributed by atoms with Gasteiger partial charge in [0, 0.05) is 44.4 Å². The zero-order valence-corrected chi connectivity index (χ0v) is 19.7. The predicted octanol–water partition coefficient (Wildman–Crippen LogP) is 0.301. The summed E-state index contributed by atoms with van der Waals surface area (Å²) < 4.78 is 19.6. The Bertz CT molecular complexity index is 1350. The molecule has 0 radical (unpaired) electrons. The van der Waals surface area contributed by atoms with Crippen molar-refractivity contribution < 1.29 is 9.13 Å². The zero-order chi connectivity index (χ0) is 25.5. The van der Waals surface area contributed by atoms with Gasteiger partial charge in [0.15, 0.2) is 0 Å². The van der Waals surface area contributed by atoms with Crippen LogP contribution in [0.5, 0.6) is 0 Å². The van der Waals surface area contributed by atoms with Crippen molar-refractivity contribution in [2.24, 2.45) is 0 Å². The predicted molar refractivity (Wildman–Crippen MR) is 132 cm³/mol. The number of anilines is 3.